The molecule has 5 nitrogen and oxygen atoms in total. The fourth-order valence-corrected chi connectivity index (χ4v) is 1.77. The zero-order valence-electron chi connectivity index (χ0n) is 8.38. The molecular weight excluding hydrogens is 206 g/mol. The number of primary amides is 1. The van der Waals surface area contributed by atoms with Crippen molar-refractivity contribution in [1.82, 2.24) is 0 Å². The molecule has 0 radical (unpaired) electrons. The van der Waals surface area contributed by atoms with Crippen molar-refractivity contribution in [2.24, 2.45) is 10.8 Å². The van der Waals surface area contributed by atoms with E-state index in [1.807, 2.05) is 24.3 Å². The topological polar surface area (TPSA) is 67.9 Å². The minimum Gasteiger partial charge on any atom is -0.461 e. The van der Waals surface area contributed by atoms with Gasteiger partial charge in [0.1, 0.15) is 17.7 Å². The van der Waals surface area contributed by atoms with Crippen LogP contribution in [0.4, 0.5) is 5.69 Å². The maximum atomic E-state index is 11.1. The molecule has 3 rings (SSSR count). The van der Waals surface area contributed by atoms with Gasteiger partial charge in [0.15, 0.2) is 5.75 Å². The fourth-order valence-electron chi connectivity index (χ4n) is 1.77. The second kappa shape index (κ2) is 3.10. The summed E-state index contributed by atoms with van der Waals surface area (Å²) in [5.74, 6) is 0.230. The molecule has 1 aromatic rings. The maximum absolute atomic E-state index is 11.1. The minimum absolute atomic E-state index is 0.353. The van der Waals surface area contributed by atoms with Gasteiger partial charge in [-0.15, -0.1) is 0 Å². The van der Waals surface area contributed by atoms with Gasteiger partial charge in [0, 0.05) is 6.42 Å². The number of hydrogen-bond acceptors (Lipinski definition) is 4. The van der Waals surface area contributed by atoms with Gasteiger partial charge in [-0.1, -0.05) is 12.1 Å². The van der Waals surface area contributed by atoms with E-state index in [1.54, 1.807) is 11.3 Å². The van der Waals surface area contributed by atoms with Crippen LogP contribution in [0.15, 0.2) is 41.3 Å². The number of para-hydroxylation sites is 2. The number of amides is 1. The Morgan fingerprint density at radius 2 is 2.25 bits per heavy atom. The van der Waals surface area contributed by atoms with Crippen LogP contribution in [-0.4, -0.2) is 11.6 Å². The highest BCUT2D eigenvalue weighted by atomic mass is 16.5. The molecule has 0 saturated heterocycles. The zero-order chi connectivity index (χ0) is 11.1. The molecule has 0 bridgehead atoms. The first-order valence-corrected chi connectivity index (χ1v) is 4.88. The molecule has 0 fully saturated rings. The van der Waals surface area contributed by atoms with E-state index < -0.39 is 5.91 Å². The second-order valence-electron chi connectivity index (χ2n) is 3.59. The largest absolute Gasteiger partial charge is 0.461 e. The van der Waals surface area contributed by atoms with Gasteiger partial charge in [0.2, 0.25) is 0 Å². The first-order valence-electron chi connectivity index (χ1n) is 4.88. The van der Waals surface area contributed by atoms with Gasteiger partial charge in [0.25, 0.3) is 5.91 Å². The molecule has 2 heterocycles. The van der Waals surface area contributed by atoms with Crippen molar-refractivity contribution in [3.63, 3.8) is 0 Å². The van der Waals surface area contributed by atoms with Gasteiger partial charge in [-0.2, -0.15) is 5.10 Å². The molecule has 0 unspecified atom stereocenters. The van der Waals surface area contributed by atoms with Crippen molar-refractivity contribution in [3.8, 4) is 5.75 Å². The van der Waals surface area contributed by atoms with Gasteiger partial charge < -0.3 is 10.5 Å². The molecule has 0 spiro atoms. The van der Waals surface area contributed by atoms with Crippen molar-refractivity contribution in [3.05, 3.63) is 36.2 Å². The van der Waals surface area contributed by atoms with E-state index in [-0.39, 0.29) is 0 Å². The Morgan fingerprint density at radius 1 is 1.44 bits per heavy atom. The van der Waals surface area contributed by atoms with Crippen molar-refractivity contribution >= 4 is 17.3 Å². The van der Waals surface area contributed by atoms with Gasteiger partial charge in [-0.05, 0) is 12.1 Å². The Labute approximate surface area is 91.8 Å². The zero-order valence-corrected chi connectivity index (χ0v) is 8.38. The standard InChI is InChI=1S/C11H9N3O2/c12-11(15)8-5-7-6-16-10-4-2-1-3-9(10)14(7)13-8/h1-4,6H,5H2,(H2,12,15). The smallest absolute Gasteiger partial charge is 0.265 e. The number of ether oxygens (including phenoxy) is 1. The molecular formula is C11H9N3O2. The molecule has 80 valence electrons. The molecule has 2 aliphatic heterocycles. The Bertz CT molecular complexity index is 534. The van der Waals surface area contributed by atoms with E-state index in [4.69, 9.17) is 10.5 Å². The number of anilines is 1. The van der Waals surface area contributed by atoms with E-state index >= 15 is 0 Å². The van der Waals surface area contributed by atoms with E-state index in [0.717, 1.165) is 17.1 Å². The lowest BCUT2D eigenvalue weighted by molar-refractivity contribution is -0.112. The van der Waals surface area contributed by atoms with Crippen LogP contribution in [0.25, 0.3) is 0 Å². The minimum atomic E-state index is -0.493. The third-order valence-corrected chi connectivity index (χ3v) is 2.54. The predicted octanol–water partition coefficient (Wildman–Crippen LogP) is 0.972. The summed E-state index contributed by atoms with van der Waals surface area (Å²) in [4.78, 5) is 11.1. The third kappa shape index (κ3) is 1.18. The molecule has 0 aliphatic carbocycles. The van der Waals surface area contributed by atoms with Gasteiger partial charge in [0.05, 0.1) is 5.70 Å². The summed E-state index contributed by atoms with van der Waals surface area (Å²) in [6.45, 7) is 0. The number of allylic oxidation sites excluding steroid dienone is 1. The van der Waals surface area contributed by atoms with E-state index in [1.165, 1.54) is 0 Å². The molecule has 2 N–H and O–H groups in total. The van der Waals surface area contributed by atoms with Crippen LogP contribution < -0.4 is 15.5 Å². The summed E-state index contributed by atoms with van der Waals surface area (Å²) in [5, 5.41) is 5.87. The molecule has 16 heavy (non-hydrogen) atoms. The number of fused-ring (bicyclic) bond motifs is 3. The predicted molar refractivity (Wildman–Crippen MR) is 58.9 cm³/mol. The Hall–Kier alpha value is -2.30. The lowest BCUT2D eigenvalue weighted by Gasteiger charge is -2.22. The van der Waals surface area contributed by atoms with Gasteiger partial charge >= 0.3 is 0 Å². The third-order valence-electron chi connectivity index (χ3n) is 2.54. The number of nitrogens with two attached hydrogens (primary N) is 1. The summed E-state index contributed by atoms with van der Waals surface area (Å²) in [5.41, 5.74) is 7.22. The van der Waals surface area contributed by atoms with Crippen LogP contribution in [-0.2, 0) is 4.79 Å². The summed E-state index contributed by atoms with van der Waals surface area (Å²) in [7, 11) is 0. The summed E-state index contributed by atoms with van der Waals surface area (Å²) >= 11 is 0. The average Bonchev–Trinajstić information content (AvgIpc) is 2.73. The summed E-state index contributed by atoms with van der Waals surface area (Å²) in [6.07, 6.45) is 2.02. The van der Waals surface area contributed by atoms with Crippen LogP contribution >= 0.6 is 0 Å². The van der Waals surface area contributed by atoms with Crippen LogP contribution in [0.3, 0.4) is 0 Å². The SMILES string of the molecule is NC(=O)C1=NN2C(=COc3ccccc32)C1. The summed E-state index contributed by atoms with van der Waals surface area (Å²) < 4.78 is 5.44. The number of carbonyl (C=O) groups is 1. The number of nitrogens with zero attached hydrogens (tertiary/aromatic N) is 2. The molecule has 2 aliphatic rings. The molecule has 0 atom stereocenters. The monoisotopic (exact) mass is 215 g/mol. The first kappa shape index (κ1) is 8.96. The second-order valence-corrected chi connectivity index (χ2v) is 3.59. The van der Waals surface area contributed by atoms with Gasteiger partial charge in [-0.25, -0.2) is 5.01 Å². The van der Waals surface area contributed by atoms with Crippen molar-refractivity contribution in [1.29, 1.82) is 0 Å². The van der Waals surface area contributed by atoms with Gasteiger partial charge in [-0.3, -0.25) is 4.79 Å². The van der Waals surface area contributed by atoms with E-state index in [0.29, 0.717) is 12.1 Å². The number of hydrazone groups is 1. The Balaban J connectivity index is 2.07. The van der Waals surface area contributed by atoms with Crippen molar-refractivity contribution < 1.29 is 9.53 Å². The van der Waals surface area contributed by atoms with Crippen LogP contribution in [0, 0.1) is 0 Å². The van der Waals surface area contributed by atoms with E-state index in [2.05, 4.69) is 5.10 Å². The Kier molecular flexibility index (Phi) is 1.73. The highest BCUT2D eigenvalue weighted by Gasteiger charge is 2.29. The summed E-state index contributed by atoms with van der Waals surface area (Å²) in [6, 6.07) is 7.51. The first-order chi connectivity index (χ1) is 7.75. The molecule has 0 saturated carbocycles. The van der Waals surface area contributed by atoms with Crippen molar-refractivity contribution in [2.75, 3.05) is 5.01 Å². The number of carbonyl (C=O) groups excluding carboxylic acids is 1. The van der Waals surface area contributed by atoms with E-state index in [9.17, 15) is 4.79 Å². The highest BCUT2D eigenvalue weighted by Crippen LogP contribution is 2.38. The quantitative estimate of drug-likeness (QED) is 0.759. The molecule has 0 aromatic heterocycles. The van der Waals surface area contributed by atoms with Crippen LogP contribution in [0.2, 0.25) is 0 Å². The average molecular weight is 215 g/mol. The van der Waals surface area contributed by atoms with Crippen LogP contribution in [0.1, 0.15) is 6.42 Å². The molecule has 1 amide bonds. The number of rotatable bonds is 1. The van der Waals surface area contributed by atoms with Crippen molar-refractivity contribution in [2.45, 2.75) is 6.42 Å². The Morgan fingerprint density at radius 3 is 3.06 bits per heavy atom. The molecule has 1 aromatic carbocycles. The molecule has 5 heteroatoms. The maximum Gasteiger partial charge on any atom is 0.265 e. The lowest BCUT2D eigenvalue weighted by atomic mass is 10.2. The fraction of sp³-hybridized carbons (Fsp3) is 0.0909. The van der Waals surface area contributed by atoms with Crippen LogP contribution in [0.5, 0.6) is 5.75 Å². The number of hydrogen-bond donors (Lipinski definition) is 1. The normalized spacial score (nSPS) is 16.9. The highest BCUT2D eigenvalue weighted by molar-refractivity contribution is 6.39. The lowest BCUT2D eigenvalue weighted by Crippen LogP contribution is -2.21. The number of benzene rings is 1.